The van der Waals surface area contributed by atoms with E-state index in [1.807, 2.05) is 62.0 Å². The van der Waals surface area contributed by atoms with Crippen LogP contribution in [0.5, 0.6) is 5.75 Å². The molecule has 2 aliphatic rings. The minimum atomic E-state index is 0.483. The maximum absolute atomic E-state index is 6.47. The summed E-state index contributed by atoms with van der Waals surface area (Å²) in [4.78, 5) is 18.5. The fourth-order valence-electron chi connectivity index (χ4n) is 5.28. The van der Waals surface area contributed by atoms with Crippen molar-refractivity contribution >= 4 is 28.5 Å². The van der Waals surface area contributed by atoms with E-state index in [-0.39, 0.29) is 0 Å². The van der Waals surface area contributed by atoms with E-state index in [2.05, 4.69) is 35.3 Å². The molecular formula is C30H34N10O3. The molecule has 13 nitrogen and oxygen atoms in total. The normalized spacial score (nSPS) is 16.1. The molecule has 5 aromatic rings. The number of anilines is 3. The van der Waals surface area contributed by atoms with Crippen LogP contribution in [0.25, 0.3) is 27.7 Å². The van der Waals surface area contributed by atoms with Crippen LogP contribution in [0.2, 0.25) is 0 Å². The van der Waals surface area contributed by atoms with Gasteiger partial charge in [-0.05, 0) is 30.3 Å². The van der Waals surface area contributed by atoms with Crippen molar-refractivity contribution in [2.45, 2.75) is 0 Å². The monoisotopic (exact) mass is 582 g/mol. The van der Waals surface area contributed by atoms with E-state index >= 15 is 0 Å². The summed E-state index contributed by atoms with van der Waals surface area (Å²) in [5, 5.41) is 13.3. The van der Waals surface area contributed by atoms with E-state index in [4.69, 9.17) is 19.2 Å². The summed E-state index contributed by atoms with van der Waals surface area (Å²) < 4.78 is 21.0. The quantitative estimate of drug-likeness (QED) is 0.276. The molecule has 0 spiro atoms. The van der Waals surface area contributed by atoms with Gasteiger partial charge in [-0.1, -0.05) is 6.07 Å². The zero-order valence-corrected chi connectivity index (χ0v) is 24.1. The van der Waals surface area contributed by atoms with Gasteiger partial charge in [0, 0.05) is 74.4 Å². The van der Waals surface area contributed by atoms with Gasteiger partial charge in [-0.3, -0.25) is 9.58 Å². The van der Waals surface area contributed by atoms with Gasteiger partial charge >= 0.3 is 0 Å². The Morgan fingerprint density at radius 2 is 1.70 bits per heavy atom. The van der Waals surface area contributed by atoms with Crippen molar-refractivity contribution < 1.29 is 14.2 Å². The molecule has 1 N–H and O–H groups in total. The number of aromatic nitrogens is 7. The highest BCUT2D eigenvalue weighted by Crippen LogP contribution is 2.36. The summed E-state index contributed by atoms with van der Waals surface area (Å²) in [7, 11) is 1.91. The number of hydrogen-bond acceptors (Lipinski definition) is 11. The number of benzene rings is 2. The number of hydrogen-bond donors (Lipinski definition) is 1. The Bertz CT molecular complexity index is 1670. The van der Waals surface area contributed by atoms with Crippen molar-refractivity contribution in [3.63, 3.8) is 0 Å². The molecule has 13 heteroatoms. The van der Waals surface area contributed by atoms with Crippen molar-refractivity contribution in [3.05, 3.63) is 61.3 Å². The highest BCUT2D eigenvalue weighted by atomic mass is 16.5. The van der Waals surface area contributed by atoms with Crippen LogP contribution in [0, 0.1) is 0 Å². The van der Waals surface area contributed by atoms with Crippen molar-refractivity contribution in [2.75, 3.05) is 76.0 Å². The second-order valence-electron chi connectivity index (χ2n) is 10.5. The minimum absolute atomic E-state index is 0.483. The Morgan fingerprint density at radius 1 is 0.907 bits per heavy atom. The second kappa shape index (κ2) is 12.3. The van der Waals surface area contributed by atoms with Gasteiger partial charge in [-0.15, -0.1) is 5.10 Å². The van der Waals surface area contributed by atoms with Crippen LogP contribution in [0.15, 0.2) is 61.3 Å². The number of nitrogens with one attached hydrogen (secondary N) is 1. The number of nitrogens with zero attached hydrogens (tertiary/aromatic N) is 9. The number of morpholine rings is 2. The molecule has 0 saturated carbocycles. The summed E-state index contributed by atoms with van der Waals surface area (Å²) in [6.07, 6.45) is 7.39. The average molecular weight is 583 g/mol. The molecule has 5 heterocycles. The van der Waals surface area contributed by atoms with Gasteiger partial charge in [0.25, 0.3) is 0 Å². The van der Waals surface area contributed by atoms with Gasteiger partial charge in [0.15, 0.2) is 5.75 Å². The third-order valence-corrected chi connectivity index (χ3v) is 7.64. The molecule has 2 aliphatic heterocycles. The number of fused-ring (bicyclic) bond motifs is 1. The molecule has 43 heavy (non-hydrogen) atoms. The maximum atomic E-state index is 6.47. The third-order valence-electron chi connectivity index (χ3n) is 7.64. The smallest absolute Gasteiger partial charge is 0.245 e. The van der Waals surface area contributed by atoms with E-state index in [0.717, 1.165) is 85.1 Å². The van der Waals surface area contributed by atoms with Crippen LogP contribution in [-0.4, -0.2) is 105 Å². The zero-order valence-electron chi connectivity index (χ0n) is 24.1. The predicted octanol–water partition coefficient (Wildman–Crippen LogP) is 2.90. The molecular weight excluding hydrogens is 548 g/mol. The summed E-state index contributed by atoms with van der Waals surface area (Å²) in [5.74, 6) is 1.92. The lowest BCUT2D eigenvalue weighted by atomic mass is 10.1. The highest BCUT2D eigenvalue weighted by molar-refractivity contribution is 5.92. The van der Waals surface area contributed by atoms with E-state index in [1.54, 1.807) is 15.7 Å². The first-order valence-corrected chi connectivity index (χ1v) is 14.5. The average Bonchev–Trinajstić information content (AvgIpc) is 3.72. The van der Waals surface area contributed by atoms with E-state index in [1.165, 1.54) is 0 Å². The summed E-state index contributed by atoms with van der Waals surface area (Å²) in [6, 6.07) is 12.0. The van der Waals surface area contributed by atoms with Crippen LogP contribution in [0.1, 0.15) is 0 Å². The van der Waals surface area contributed by atoms with Crippen LogP contribution in [0.3, 0.4) is 0 Å². The van der Waals surface area contributed by atoms with Crippen LogP contribution in [-0.2, 0) is 16.5 Å². The van der Waals surface area contributed by atoms with Gasteiger partial charge in [0.05, 0.1) is 38.3 Å². The molecule has 2 saturated heterocycles. The number of ether oxygens (including phenoxy) is 3. The maximum Gasteiger partial charge on any atom is 0.245 e. The first kappa shape index (κ1) is 27.3. The Morgan fingerprint density at radius 3 is 2.47 bits per heavy atom. The lowest BCUT2D eigenvalue weighted by Crippen LogP contribution is -2.38. The summed E-state index contributed by atoms with van der Waals surface area (Å²) >= 11 is 0. The molecule has 2 fully saturated rings. The largest absolute Gasteiger partial charge is 0.489 e. The van der Waals surface area contributed by atoms with Crippen LogP contribution in [0.4, 0.5) is 17.6 Å². The topological polar surface area (TPSA) is 121 Å². The van der Waals surface area contributed by atoms with E-state index in [9.17, 15) is 0 Å². The molecule has 0 aliphatic carbocycles. The van der Waals surface area contributed by atoms with Crippen molar-refractivity contribution in [2.24, 2.45) is 7.05 Å². The van der Waals surface area contributed by atoms with Crippen LogP contribution >= 0.6 is 0 Å². The highest BCUT2D eigenvalue weighted by Gasteiger charge is 2.18. The van der Waals surface area contributed by atoms with Gasteiger partial charge in [0.2, 0.25) is 11.9 Å². The van der Waals surface area contributed by atoms with Gasteiger partial charge < -0.3 is 24.4 Å². The lowest BCUT2D eigenvalue weighted by molar-refractivity contribution is 0.0323. The summed E-state index contributed by atoms with van der Waals surface area (Å²) in [5.41, 5.74) is 4.43. The van der Waals surface area contributed by atoms with Gasteiger partial charge in [-0.25, -0.2) is 14.6 Å². The minimum Gasteiger partial charge on any atom is -0.489 e. The molecule has 0 bridgehead atoms. The van der Waals surface area contributed by atoms with E-state index < -0.39 is 0 Å². The van der Waals surface area contributed by atoms with Gasteiger partial charge in [-0.2, -0.15) is 10.1 Å². The first-order chi connectivity index (χ1) is 21.2. The molecule has 0 atom stereocenters. The lowest BCUT2D eigenvalue weighted by Gasteiger charge is -2.26. The first-order valence-electron chi connectivity index (χ1n) is 14.5. The molecule has 0 radical (unpaired) electrons. The zero-order chi connectivity index (χ0) is 29.0. The van der Waals surface area contributed by atoms with Crippen molar-refractivity contribution in [1.29, 1.82) is 0 Å². The Kier molecular flexibility index (Phi) is 7.82. The molecule has 222 valence electrons. The molecule has 2 aromatic carbocycles. The van der Waals surface area contributed by atoms with Crippen LogP contribution < -0.4 is 15.0 Å². The molecule has 7 rings (SSSR count). The molecule has 3 aromatic heterocycles. The van der Waals surface area contributed by atoms with Gasteiger partial charge in [0.1, 0.15) is 18.5 Å². The number of aryl methyl sites for hydroxylation is 1. The second-order valence-corrected chi connectivity index (χ2v) is 10.5. The standard InChI is InChI=1S/C30H34N10O3/c1-37-20-23(19-33-37)26-7-2-22-18-31-29(35-27(22)28(26)43-17-10-38-8-13-41-14-9-38)34-24-3-5-25(6-4-24)40-21-32-30(36-40)39-11-15-42-16-12-39/h2-7,18-21H,8-17H2,1H3,(H,31,34,35). The SMILES string of the molecule is Cn1cc(-c2ccc3cnc(Nc4ccc(-n5cnc(N6CCOCC6)n5)cc4)nc3c2OCCN2CCOCC2)cn1. The Labute approximate surface area is 249 Å². The van der Waals surface area contributed by atoms with Crippen molar-refractivity contribution in [3.8, 4) is 22.6 Å². The summed E-state index contributed by atoms with van der Waals surface area (Å²) in [6.45, 7) is 7.66. The van der Waals surface area contributed by atoms with E-state index in [0.29, 0.717) is 31.7 Å². The Hall–Kier alpha value is -4.59. The van der Waals surface area contributed by atoms with Crippen molar-refractivity contribution in [1.82, 2.24) is 39.4 Å². The Balaban J connectivity index is 1.12. The fourth-order valence-corrected chi connectivity index (χ4v) is 5.28. The molecule has 0 amide bonds. The predicted molar refractivity (Wildman–Crippen MR) is 162 cm³/mol. The third kappa shape index (κ3) is 6.14. The fraction of sp³-hybridized carbons (Fsp3) is 0.367. The molecule has 0 unspecified atom stereocenters. The number of rotatable bonds is 9.